The number of imidazole rings is 1. The Labute approximate surface area is 189 Å². The molecule has 0 bridgehead atoms. The van der Waals surface area contributed by atoms with Crippen LogP contribution in [0.3, 0.4) is 0 Å². The van der Waals surface area contributed by atoms with Gasteiger partial charge in [0.25, 0.3) is 5.91 Å². The SMILES string of the molecule is Cn1cnc2c(F)c(Nc3ccc(Br)cc3Cl)c(C(=O)NOCCOS(=O)(=O)O)cc21. The molecule has 1 aromatic heterocycles. The van der Waals surface area contributed by atoms with Crippen molar-refractivity contribution in [2.75, 3.05) is 18.5 Å². The van der Waals surface area contributed by atoms with Gasteiger partial charge in [-0.1, -0.05) is 27.5 Å². The molecule has 0 aliphatic heterocycles. The summed E-state index contributed by atoms with van der Waals surface area (Å²) < 4.78 is 51.1. The third kappa shape index (κ3) is 5.70. The van der Waals surface area contributed by atoms with Crippen LogP contribution in [0.4, 0.5) is 15.8 Å². The predicted molar refractivity (Wildman–Crippen MR) is 114 cm³/mol. The zero-order valence-corrected chi connectivity index (χ0v) is 18.9. The van der Waals surface area contributed by atoms with Crippen LogP contribution in [0.2, 0.25) is 5.02 Å². The lowest BCUT2D eigenvalue weighted by atomic mass is 10.1. The van der Waals surface area contributed by atoms with E-state index < -0.39 is 35.3 Å². The highest BCUT2D eigenvalue weighted by atomic mass is 79.9. The van der Waals surface area contributed by atoms with Gasteiger partial charge in [0.2, 0.25) is 0 Å². The molecule has 0 saturated carbocycles. The number of anilines is 2. The van der Waals surface area contributed by atoms with Crippen LogP contribution in [0.5, 0.6) is 0 Å². The van der Waals surface area contributed by atoms with Crippen molar-refractivity contribution in [3.8, 4) is 0 Å². The van der Waals surface area contributed by atoms with Crippen molar-refractivity contribution in [2.45, 2.75) is 0 Å². The van der Waals surface area contributed by atoms with Crippen LogP contribution in [0, 0.1) is 5.82 Å². The Kier molecular flexibility index (Phi) is 7.13. The summed E-state index contributed by atoms with van der Waals surface area (Å²) in [6.07, 6.45) is 1.40. The average molecular weight is 538 g/mol. The van der Waals surface area contributed by atoms with Crippen molar-refractivity contribution in [3.63, 3.8) is 0 Å². The zero-order valence-electron chi connectivity index (χ0n) is 15.7. The number of hydroxylamine groups is 1. The molecule has 0 unspecified atom stereocenters. The summed E-state index contributed by atoms with van der Waals surface area (Å²) in [4.78, 5) is 21.5. The summed E-state index contributed by atoms with van der Waals surface area (Å²) in [5.74, 6) is -1.61. The number of aryl methyl sites for hydroxylation is 1. The first kappa shape index (κ1) is 23.4. The topological polar surface area (TPSA) is 132 Å². The number of benzene rings is 2. The van der Waals surface area contributed by atoms with E-state index in [-0.39, 0.29) is 21.8 Å². The molecule has 3 aromatic rings. The maximum absolute atomic E-state index is 15.2. The van der Waals surface area contributed by atoms with Crippen LogP contribution in [-0.4, -0.2) is 41.6 Å². The fourth-order valence-electron chi connectivity index (χ4n) is 2.60. The first-order valence-corrected chi connectivity index (χ1v) is 11.0. The number of carbonyl (C=O) groups is 1. The molecule has 0 atom stereocenters. The van der Waals surface area contributed by atoms with Crippen LogP contribution >= 0.6 is 27.5 Å². The number of hydrogen-bond donors (Lipinski definition) is 3. The minimum absolute atomic E-state index is 0.0391. The number of nitrogens with zero attached hydrogens (tertiary/aromatic N) is 2. The van der Waals surface area contributed by atoms with Crippen molar-refractivity contribution in [1.29, 1.82) is 0 Å². The average Bonchev–Trinajstić information content (AvgIpc) is 3.05. The molecule has 0 aliphatic carbocycles. The molecule has 0 spiro atoms. The molecule has 1 amide bonds. The van der Waals surface area contributed by atoms with Crippen LogP contribution in [0.1, 0.15) is 10.4 Å². The minimum Gasteiger partial charge on any atom is -0.351 e. The van der Waals surface area contributed by atoms with Crippen molar-refractivity contribution in [1.82, 2.24) is 15.0 Å². The quantitative estimate of drug-likeness (QED) is 0.226. The van der Waals surface area contributed by atoms with Crippen LogP contribution in [0.15, 0.2) is 35.1 Å². The number of nitrogens with one attached hydrogen (secondary N) is 2. The van der Waals surface area contributed by atoms with Gasteiger partial charge in [-0.05, 0) is 24.3 Å². The molecule has 10 nitrogen and oxygen atoms in total. The largest absolute Gasteiger partial charge is 0.397 e. The lowest BCUT2D eigenvalue weighted by Crippen LogP contribution is -2.27. The summed E-state index contributed by atoms with van der Waals surface area (Å²) in [6, 6.07) is 6.29. The Balaban J connectivity index is 1.90. The highest BCUT2D eigenvalue weighted by molar-refractivity contribution is 9.10. The van der Waals surface area contributed by atoms with E-state index in [0.29, 0.717) is 15.7 Å². The molecule has 0 aliphatic rings. The summed E-state index contributed by atoms with van der Waals surface area (Å²) in [6.45, 7) is -0.947. The number of aromatic nitrogens is 2. The van der Waals surface area contributed by atoms with E-state index in [1.165, 1.54) is 17.0 Å². The Morgan fingerprint density at radius 2 is 2.10 bits per heavy atom. The fraction of sp³-hybridized carbons (Fsp3) is 0.176. The smallest absolute Gasteiger partial charge is 0.351 e. The van der Waals surface area contributed by atoms with E-state index in [9.17, 15) is 13.2 Å². The molecule has 0 radical (unpaired) electrons. The predicted octanol–water partition coefficient (Wildman–Crippen LogP) is 3.35. The van der Waals surface area contributed by atoms with Gasteiger partial charge in [0.05, 0.1) is 47.0 Å². The van der Waals surface area contributed by atoms with Gasteiger partial charge in [-0.3, -0.25) is 14.2 Å². The molecule has 31 heavy (non-hydrogen) atoms. The molecule has 1 heterocycles. The van der Waals surface area contributed by atoms with Crippen molar-refractivity contribution < 1.29 is 31.2 Å². The van der Waals surface area contributed by atoms with Crippen LogP contribution in [0.25, 0.3) is 11.0 Å². The highest BCUT2D eigenvalue weighted by Crippen LogP contribution is 2.34. The molecule has 0 saturated heterocycles. The molecule has 14 heteroatoms. The van der Waals surface area contributed by atoms with E-state index in [2.05, 4.69) is 35.9 Å². The van der Waals surface area contributed by atoms with Gasteiger partial charge in [-0.25, -0.2) is 19.0 Å². The van der Waals surface area contributed by atoms with Crippen molar-refractivity contribution in [3.05, 3.63) is 51.5 Å². The van der Waals surface area contributed by atoms with Gasteiger partial charge in [0.1, 0.15) is 5.52 Å². The summed E-state index contributed by atoms with van der Waals surface area (Å²) >= 11 is 9.48. The second kappa shape index (κ2) is 9.46. The monoisotopic (exact) mass is 536 g/mol. The Bertz CT molecular complexity index is 1250. The van der Waals surface area contributed by atoms with E-state index in [4.69, 9.17) is 21.0 Å². The van der Waals surface area contributed by atoms with E-state index >= 15 is 4.39 Å². The summed E-state index contributed by atoms with van der Waals surface area (Å²) in [7, 11) is -2.99. The normalized spacial score (nSPS) is 11.6. The number of hydrogen-bond acceptors (Lipinski definition) is 7. The van der Waals surface area contributed by atoms with Gasteiger partial charge in [-0.15, -0.1) is 0 Å². The van der Waals surface area contributed by atoms with Gasteiger partial charge in [-0.2, -0.15) is 8.42 Å². The second-order valence-electron chi connectivity index (χ2n) is 6.11. The van der Waals surface area contributed by atoms with Crippen LogP contribution < -0.4 is 10.8 Å². The summed E-state index contributed by atoms with van der Waals surface area (Å²) in [5, 5.41) is 3.09. The van der Waals surface area contributed by atoms with E-state index in [1.54, 1.807) is 25.2 Å². The third-order valence-corrected chi connectivity index (χ3v) is 5.25. The lowest BCUT2D eigenvalue weighted by Gasteiger charge is -2.15. The summed E-state index contributed by atoms with van der Waals surface area (Å²) in [5.41, 5.74) is 2.49. The molecule has 3 N–H and O–H groups in total. The fourth-order valence-corrected chi connectivity index (χ4v) is 3.60. The first-order chi connectivity index (χ1) is 14.6. The maximum atomic E-state index is 15.2. The molecule has 3 rings (SSSR count). The molecule has 0 fully saturated rings. The number of halogens is 3. The Morgan fingerprint density at radius 3 is 2.77 bits per heavy atom. The number of carbonyl (C=O) groups excluding carboxylic acids is 1. The number of amides is 1. The second-order valence-corrected chi connectivity index (χ2v) is 8.53. The van der Waals surface area contributed by atoms with Gasteiger partial charge in [0.15, 0.2) is 5.82 Å². The number of fused-ring (bicyclic) bond motifs is 1. The Hall–Kier alpha value is -2.29. The molecular weight excluding hydrogens is 523 g/mol. The third-order valence-electron chi connectivity index (χ3n) is 3.98. The Morgan fingerprint density at radius 1 is 1.35 bits per heavy atom. The lowest BCUT2D eigenvalue weighted by molar-refractivity contribution is 0.0197. The molecule has 166 valence electrons. The van der Waals surface area contributed by atoms with Crippen molar-refractivity contribution in [2.24, 2.45) is 7.05 Å². The highest BCUT2D eigenvalue weighted by Gasteiger charge is 2.22. The van der Waals surface area contributed by atoms with Crippen molar-refractivity contribution >= 4 is 66.2 Å². The van der Waals surface area contributed by atoms with Crippen LogP contribution in [-0.2, 0) is 26.5 Å². The standard InChI is InChI=1S/C17H15BrClFN4O6S/c1-24-8-21-16-13(24)7-10(17(25)23-29-4-5-30-31(26,27)28)15(14(16)20)22-12-3-2-9(18)6-11(12)19/h2-3,6-8,22H,4-5H2,1H3,(H,23,25)(H,26,27,28). The molecular formula is C17H15BrClFN4O6S. The van der Waals surface area contributed by atoms with E-state index in [0.717, 1.165) is 0 Å². The zero-order chi connectivity index (χ0) is 22.8. The van der Waals surface area contributed by atoms with E-state index in [1.807, 2.05) is 0 Å². The van der Waals surface area contributed by atoms with Gasteiger partial charge >= 0.3 is 10.4 Å². The maximum Gasteiger partial charge on any atom is 0.397 e. The van der Waals surface area contributed by atoms with Gasteiger partial charge < -0.3 is 9.88 Å². The minimum atomic E-state index is -4.63. The first-order valence-electron chi connectivity index (χ1n) is 8.46. The molecule has 2 aromatic carbocycles. The number of rotatable bonds is 8. The van der Waals surface area contributed by atoms with Gasteiger partial charge in [0, 0.05) is 11.5 Å².